The predicted octanol–water partition coefficient (Wildman–Crippen LogP) is -0.769. The van der Waals surface area contributed by atoms with Crippen LogP contribution in [0.5, 0.6) is 0 Å². The first-order valence-corrected chi connectivity index (χ1v) is 4.47. The first kappa shape index (κ1) is 9.92. The van der Waals surface area contributed by atoms with Gasteiger partial charge >= 0.3 is 0 Å². The van der Waals surface area contributed by atoms with E-state index in [2.05, 4.69) is 10.6 Å². The Hall–Kier alpha value is -0.160. The molecule has 4 nitrogen and oxygen atoms in total. The van der Waals surface area contributed by atoms with Gasteiger partial charge in [-0.1, -0.05) is 6.92 Å². The van der Waals surface area contributed by atoms with Crippen molar-refractivity contribution in [2.75, 3.05) is 6.54 Å². The zero-order valence-electron chi connectivity index (χ0n) is 7.62. The molecule has 1 rings (SSSR count). The Morgan fingerprint density at radius 1 is 1.25 bits per heavy atom. The Morgan fingerprint density at radius 3 is 2.58 bits per heavy atom. The SMILES string of the molecule is CC1CCNC(O)NC(C)C1O. The monoisotopic (exact) mass is 174 g/mol. The average molecular weight is 174 g/mol. The highest BCUT2D eigenvalue weighted by Crippen LogP contribution is 2.12. The third kappa shape index (κ3) is 2.42. The normalized spacial score (nSPS) is 45.0. The van der Waals surface area contributed by atoms with Crippen LogP contribution in [0.3, 0.4) is 0 Å². The lowest BCUT2D eigenvalue weighted by molar-refractivity contribution is 0.0119. The third-order valence-electron chi connectivity index (χ3n) is 2.45. The van der Waals surface area contributed by atoms with Crippen LogP contribution in [-0.2, 0) is 0 Å². The summed E-state index contributed by atoms with van der Waals surface area (Å²) in [6, 6.07) is -0.0669. The molecule has 0 amide bonds. The molecule has 1 saturated heterocycles. The lowest BCUT2D eigenvalue weighted by atomic mass is 9.95. The van der Waals surface area contributed by atoms with E-state index in [9.17, 15) is 10.2 Å². The van der Waals surface area contributed by atoms with Gasteiger partial charge in [0.2, 0.25) is 0 Å². The Kier molecular flexibility index (Phi) is 3.46. The first-order valence-electron chi connectivity index (χ1n) is 4.47. The lowest BCUT2D eigenvalue weighted by Crippen LogP contribution is -2.54. The van der Waals surface area contributed by atoms with Gasteiger partial charge in [0.1, 0.15) is 0 Å². The summed E-state index contributed by atoms with van der Waals surface area (Å²) >= 11 is 0. The molecule has 1 heterocycles. The van der Waals surface area contributed by atoms with Crippen molar-refractivity contribution in [1.29, 1.82) is 0 Å². The fourth-order valence-corrected chi connectivity index (χ4v) is 1.52. The van der Waals surface area contributed by atoms with E-state index >= 15 is 0 Å². The minimum atomic E-state index is -0.692. The summed E-state index contributed by atoms with van der Waals surface area (Å²) in [5, 5.41) is 24.7. The maximum Gasteiger partial charge on any atom is 0.160 e. The smallest absolute Gasteiger partial charge is 0.160 e. The van der Waals surface area contributed by atoms with E-state index in [4.69, 9.17) is 0 Å². The van der Waals surface area contributed by atoms with Gasteiger partial charge in [-0.2, -0.15) is 0 Å². The van der Waals surface area contributed by atoms with Crippen LogP contribution in [0.4, 0.5) is 0 Å². The number of aliphatic hydroxyl groups excluding tert-OH is 2. The van der Waals surface area contributed by atoms with Gasteiger partial charge in [0.15, 0.2) is 6.35 Å². The summed E-state index contributed by atoms with van der Waals surface area (Å²) in [6.07, 6.45) is -0.173. The van der Waals surface area contributed by atoms with Gasteiger partial charge in [0.05, 0.1) is 6.10 Å². The van der Waals surface area contributed by atoms with Crippen LogP contribution >= 0.6 is 0 Å². The topological polar surface area (TPSA) is 64.5 Å². The molecule has 0 bridgehead atoms. The molecular formula is C8H18N2O2. The van der Waals surface area contributed by atoms with Crippen molar-refractivity contribution < 1.29 is 10.2 Å². The first-order chi connectivity index (χ1) is 5.61. The highest BCUT2D eigenvalue weighted by molar-refractivity contribution is 4.79. The Bertz CT molecular complexity index is 143. The zero-order valence-corrected chi connectivity index (χ0v) is 7.62. The summed E-state index contributed by atoms with van der Waals surface area (Å²) in [5.74, 6) is 0.271. The summed E-state index contributed by atoms with van der Waals surface area (Å²) in [5.41, 5.74) is 0. The molecular weight excluding hydrogens is 156 g/mol. The number of hydrogen-bond acceptors (Lipinski definition) is 4. The van der Waals surface area contributed by atoms with E-state index in [0.717, 1.165) is 13.0 Å². The van der Waals surface area contributed by atoms with Gasteiger partial charge in [0, 0.05) is 6.04 Å². The molecule has 1 aliphatic rings. The van der Waals surface area contributed by atoms with Crippen molar-refractivity contribution >= 4 is 0 Å². The molecule has 0 aromatic carbocycles. The van der Waals surface area contributed by atoms with Crippen molar-refractivity contribution in [3.05, 3.63) is 0 Å². The van der Waals surface area contributed by atoms with Crippen LogP contribution in [-0.4, -0.2) is 35.3 Å². The summed E-state index contributed by atoms with van der Waals surface area (Å²) in [6.45, 7) is 4.62. The largest absolute Gasteiger partial charge is 0.391 e. The van der Waals surface area contributed by atoms with E-state index in [0.29, 0.717) is 0 Å². The molecule has 12 heavy (non-hydrogen) atoms. The van der Waals surface area contributed by atoms with Gasteiger partial charge in [-0.3, -0.25) is 10.6 Å². The van der Waals surface area contributed by atoms with Gasteiger partial charge in [-0.25, -0.2) is 0 Å². The van der Waals surface area contributed by atoms with Crippen molar-refractivity contribution in [1.82, 2.24) is 10.6 Å². The van der Waals surface area contributed by atoms with Gasteiger partial charge in [-0.15, -0.1) is 0 Å². The van der Waals surface area contributed by atoms with E-state index in [1.165, 1.54) is 0 Å². The van der Waals surface area contributed by atoms with Crippen molar-refractivity contribution in [2.45, 2.75) is 38.8 Å². The molecule has 1 fully saturated rings. The lowest BCUT2D eigenvalue weighted by Gasteiger charge is -2.31. The molecule has 0 spiro atoms. The second-order valence-corrected chi connectivity index (χ2v) is 3.57. The maximum absolute atomic E-state index is 9.67. The molecule has 0 saturated carbocycles. The number of nitrogens with one attached hydrogen (secondary N) is 2. The van der Waals surface area contributed by atoms with Crippen LogP contribution in [0, 0.1) is 5.92 Å². The van der Waals surface area contributed by atoms with Crippen molar-refractivity contribution in [3.8, 4) is 0 Å². The van der Waals surface area contributed by atoms with Gasteiger partial charge in [-0.05, 0) is 25.8 Å². The third-order valence-corrected chi connectivity index (χ3v) is 2.45. The Balaban J connectivity index is 2.50. The van der Waals surface area contributed by atoms with E-state index in [1.807, 2.05) is 13.8 Å². The maximum atomic E-state index is 9.67. The molecule has 1 aliphatic heterocycles. The summed E-state index contributed by atoms with van der Waals surface area (Å²) < 4.78 is 0. The quantitative estimate of drug-likeness (QED) is 0.389. The molecule has 0 aromatic heterocycles. The minimum Gasteiger partial charge on any atom is -0.391 e. The van der Waals surface area contributed by atoms with E-state index < -0.39 is 6.35 Å². The molecule has 4 heteroatoms. The van der Waals surface area contributed by atoms with E-state index in [-0.39, 0.29) is 18.1 Å². The molecule has 0 radical (unpaired) electrons. The predicted molar refractivity (Wildman–Crippen MR) is 46.4 cm³/mol. The molecule has 4 atom stereocenters. The summed E-state index contributed by atoms with van der Waals surface area (Å²) in [7, 11) is 0. The Labute approximate surface area is 73.0 Å². The average Bonchev–Trinajstić information content (AvgIpc) is 2.01. The van der Waals surface area contributed by atoms with Crippen LogP contribution in [0.15, 0.2) is 0 Å². The number of rotatable bonds is 0. The fourth-order valence-electron chi connectivity index (χ4n) is 1.52. The van der Waals surface area contributed by atoms with Crippen LogP contribution in [0.2, 0.25) is 0 Å². The van der Waals surface area contributed by atoms with Gasteiger partial charge in [0.25, 0.3) is 0 Å². The van der Waals surface area contributed by atoms with E-state index in [1.54, 1.807) is 0 Å². The molecule has 4 N–H and O–H groups in total. The second kappa shape index (κ2) is 4.18. The number of hydrogen-bond donors (Lipinski definition) is 4. The van der Waals surface area contributed by atoms with Crippen LogP contribution < -0.4 is 10.6 Å². The summed E-state index contributed by atoms with van der Waals surface area (Å²) in [4.78, 5) is 0. The van der Waals surface area contributed by atoms with Crippen LogP contribution in [0.1, 0.15) is 20.3 Å². The highest BCUT2D eigenvalue weighted by atomic mass is 16.3. The minimum absolute atomic E-state index is 0.0669. The molecule has 72 valence electrons. The zero-order chi connectivity index (χ0) is 9.14. The highest BCUT2D eigenvalue weighted by Gasteiger charge is 2.24. The van der Waals surface area contributed by atoms with Crippen molar-refractivity contribution in [2.24, 2.45) is 5.92 Å². The molecule has 4 unspecified atom stereocenters. The fraction of sp³-hybridized carbons (Fsp3) is 1.00. The number of aliphatic hydroxyl groups is 2. The molecule has 0 aliphatic carbocycles. The standard InChI is InChI=1S/C8H18N2O2/c1-5-3-4-9-8(12)10-6(2)7(5)11/h5-12H,3-4H2,1-2H3. The van der Waals surface area contributed by atoms with Crippen LogP contribution in [0.25, 0.3) is 0 Å². The second-order valence-electron chi connectivity index (χ2n) is 3.57. The molecule has 0 aromatic rings. The van der Waals surface area contributed by atoms with Crippen molar-refractivity contribution in [3.63, 3.8) is 0 Å². The Morgan fingerprint density at radius 2 is 1.92 bits per heavy atom. The van der Waals surface area contributed by atoms with Gasteiger partial charge < -0.3 is 10.2 Å².